The minimum Gasteiger partial charge on any atom is -0.493 e. The maximum Gasteiger partial charge on any atom is 0.335 e. The van der Waals surface area contributed by atoms with Crippen LogP contribution in [0.5, 0.6) is 11.5 Å². The van der Waals surface area contributed by atoms with E-state index in [-0.39, 0.29) is 5.56 Å². The molecule has 0 radical (unpaired) electrons. The Kier molecular flexibility index (Phi) is 4.85. The van der Waals surface area contributed by atoms with Crippen molar-refractivity contribution < 1.29 is 19.4 Å². The number of rotatable bonds is 6. The number of benzene rings is 1. The summed E-state index contributed by atoms with van der Waals surface area (Å²) in [5, 5.41) is 9.02. The number of nitrogens with zero attached hydrogens (tertiary/aromatic N) is 2. The molecule has 0 saturated heterocycles. The lowest BCUT2D eigenvalue weighted by Crippen LogP contribution is -2.10. The van der Waals surface area contributed by atoms with Crippen molar-refractivity contribution in [3.8, 4) is 11.5 Å². The van der Waals surface area contributed by atoms with Crippen LogP contribution in [-0.4, -0.2) is 34.3 Å². The van der Waals surface area contributed by atoms with E-state index in [9.17, 15) is 4.79 Å². The lowest BCUT2D eigenvalue weighted by molar-refractivity contribution is 0.0696. The van der Waals surface area contributed by atoms with E-state index >= 15 is 0 Å². The highest BCUT2D eigenvalue weighted by Gasteiger charge is 2.15. The Hall–Kier alpha value is -2.02. The van der Waals surface area contributed by atoms with Gasteiger partial charge in [0.2, 0.25) is 0 Å². The van der Waals surface area contributed by atoms with Crippen LogP contribution in [0.25, 0.3) is 0 Å². The molecule has 21 heavy (non-hydrogen) atoms. The Balaban J connectivity index is 2.12. The highest BCUT2D eigenvalue weighted by atomic mass is 79.9. The van der Waals surface area contributed by atoms with Gasteiger partial charge in [-0.15, -0.1) is 0 Å². The molecule has 0 unspecified atom stereocenters. The molecule has 0 amide bonds. The van der Waals surface area contributed by atoms with Gasteiger partial charge in [0.25, 0.3) is 0 Å². The quantitative estimate of drug-likeness (QED) is 0.863. The predicted octanol–water partition coefficient (Wildman–Crippen LogP) is 2.74. The average molecular weight is 355 g/mol. The summed E-state index contributed by atoms with van der Waals surface area (Å²) in [6.07, 6.45) is 3.60. The molecule has 0 aliphatic rings. The zero-order valence-electron chi connectivity index (χ0n) is 11.7. The van der Waals surface area contributed by atoms with Crippen LogP contribution in [0.4, 0.5) is 0 Å². The Labute approximate surface area is 130 Å². The zero-order chi connectivity index (χ0) is 15.4. The summed E-state index contributed by atoms with van der Waals surface area (Å²) in [4.78, 5) is 15.1. The second-order valence-corrected chi connectivity index (χ2v) is 5.17. The summed E-state index contributed by atoms with van der Waals surface area (Å²) >= 11 is 3.31. The third kappa shape index (κ3) is 3.55. The van der Waals surface area contributed by atoms with E-state index in [0.29, 0.717) is 29.1 Å². The lowest BCUT2D eigenvalue weighted by atomic mass is 10.2. The Morgan fingerprint density at radius 1 is 1.48 bits per heavy atom. The molecule has 1 N–H and O–H groups in total. The van der Waals surface area contributed by atoms with E-state index < -0.39 is 5.97 Å². The first-order chi connectivity index (χ1) is 10.0. The molecular weight excluding hydrogens is 340 g/mol. The van der Waals surface area contributed by atoms with Crippen molar-refractivity contribution in [1.29, 1.82) is 0 Å². The first-order valence-electron chi connectivity index (χ1n) is 6.24. The molecule has 0 fully saturated rings. The highest BCUT2D eigenvalue weighted by Crippen LogP contribution is 2.36. The van der Waals surface area contributed by atoms with Crippen LogP contribution in [0.3, 0.4) is 0 Å². The summed E-state index contributed by atoms with van der Waals surface area (Å²) in [6, 6.07) is 2.92. The molecule has 1 aromatic carbocycles. The van der Waals surface area contributed by atoms with E-state index in [1.807, 2.05) is 17.7 Å². The number of imidazole rings is 1. The number of carboxylic acid groups (broad SMARTS) is 1. The third-order valence-electron chi connectivity index (χ3n) is 2.98. The smallest absolute Gasteiger partial charge is 0.335 e. The number of aryl methyl sites for hydroxylation is 1. The molecule has 112 valence electrons. The van der Waals surface area contributed by atoms with E-state index in [4.69, 9.17) is 14.6 Å². The van der Waals surface area contributed by atoms with Gasteiger partial charge in [-0.25, -0.2) is 9.78 Å². The van der Waals surface area contributed by atoms with Gasteiger partial charge in [0.1, 0.15) is 12.4 Å². The third-order valence-corrected chi connectivity index (χ3v) is 3.57. The minimum absolute atomic E-state index is 0.136. The van der Waals surface area contributed by atoms with E-state index in [0.717, 1.165) is 5.82 Å². The molecule has 0 atom stereocenters. The summed E-state index contributed by atoms with van der Waals surface area (Å²) < 4.78 is 13.4. The second-order valence-electron chi connectivity index (χ2n) is 4.31. The van der Waals surface area contributed by atoms with Gasteiger partial charge in [-0.05, 0) is 35.0 Å². The maximum absolute atomic E-state index is 11.0. The van der Waals surface area contributed by atoms with E-state index in [1.54, 1.807) is 6.20 Å². The molecule has 7 heteroatoms. The number of aromatic nitrogens is 2. The van der Waals surface area contributed by atoms with Gasteiger partial charge in [0, 0.05) is 12.4 Å². The molecule has 6 nitrogen and oxygen atoms in total. The molecule has 2 rings (SSSR count). The second kappa shape index (κ2) is 6.62. The summed E-state index contributed by atoms with van der Waals surface area (Å²) in [5.41, 5.74) is 0.136. The van der Waals surface area contributed by atoms with Crippen LogP contribution in [0.15, 0.2) is 29.0 Å². The van der Waals surface area contributed by atoms with Gasteiger partial charge in [0.05, 0.1) is 23.7 Å². The summed E-state index contributed by atoms with van der Waals surface area (Å²) in [7, 11) is 1.47. The molecule has 0 spiro atoms. The molecule has 0 saturated carbocycles. The van der Waals surface area contributed by atoms with Gasteiger partial charge in [0.15, 0.2) is 11.5 Å². The van der Waals surface area contributed by atoms with Gasteiger partial charge in [-0.2, -0.15) is 0 Å². The number of hydrogen-bond acceptors (Lipinski definition) is 4. The van der Waals surface area contributed by atoms with Gasteiger partial charge >= 0.3 is 5.97 Å². The number of halogens is 1. The number of carboxylic acids is 1. The maximum atomic E-state index is 11.0. The number of carbonyl (C=O) groups is 1. The summed E-state index contributed by atoms with van der Waals surface area (Å²) in [5.74, 6) is 0.754. The highest BCUT2D eigenvalue weighted by molar-refractivity contribution is 9.10. The van der Waals surface area contributed by atoms with E-state index in [1.165, 1.54) is 19.2 Å². The number of aromatic carboxylic acids is 1. The van der Waals surface area contributed by atoms with Gasteiger partial charge < -0.3 is 19.1 Å². The monoisotopic (exact) mass is 354 g/mol. The van der Waals surface area contributed by atoms with Crippen molar-refractivity contribution in [3.05, 3.63) is 40.4 Å². The average Bonchev–Trinajstić information content (AvgIpc) is 2.85. The van der Waals surface area contributed by atoms with Crippen LogP contribution in [-0.2, 0) is 6.54 Å². The zero-order valence-corrected chi connectivity index (χ0v) is 13.3. The molecule has 0 aliphatic heterocycles. The van der Waals surface area contributed by atoms with Crippen LogP contribution in [0, 0.1) is 6.92 Å². The largest absolute Gasteiger partial charge is 0.493 e. The van der Waals surface area contributed by atoms with Crippen LogP contribution in [0.1, 0.15) is 16.2 Å². The minimum atomic E-state index is -1.02. The normalized spacial score (nSPS) is 10.4. The van der Waals surface area contributed by atoms with Crippen LogP contribution in [0.2, 0.25) is 0 Å². The molecule has 1 heterocycles. The first-order valence-corrected chi connectivity index (χ1v) is 7.03. The Morgan fingerprint density at radius 2 is 2.24 bits per heavy atom. The molecule has 1 aromatic heterocycles. The van der Waals surface area contributed by atoms with Crippen molar-refractivity contribution in [2.75, 3.05) is 13.7 Å². The fourth-order valence-electron chi connectivity index (χ4n) is 1.87. The van der Waals surface area contributed by atoms with Crippen LogP contribution < -0.4 is 9.47 Å². The topological polar surface area (TPSA) is 73.6 Å². The van der Waals surface area contributed by atoms with Crippen molar-refractivity contribution >= 4 is 21.9 Å². The number of methoxy groups -OCH3 is 1. The Bertz CT molecular complexity index is 654. The molecule has 0 bridgehead atoms. The fraction of sp³-hybridized carbons (Fsp3) is 0.286. The number of hydrogen-bond donors (Lipinski definition) is 1. The molecule has 0 aliphatic carbocycles. The standard InChI is InChI=1S/C14H15BrN2O4/c1-9-16-3-4-17(9)5-6-21-13-11(15)7-10(14(18)19)8-12(13)20-2/h3-4,7-8H,5-6H2,1-2H3,(H,18,19). The SMILES string of the molecule is COc1cc(C(=O)O)cc(Br)c1OCCn1ccnc1C. The van der Waals surface area contributed by atoms with Crippen molar-refractivity contribution in [1.82, 2.24) is 9.55 Å². The Morgan fingerprint density at radius 3 is 2.81 bits per heavy atom. The fourth-order valence-corrected chi connectivity index (χ4v) is 2.43. The van der Waals surface area contributed by atoms with Crippen LogP contribution >= 0.6 is 15.9 Å². The molecule has 2 aromatic rings. The van der Waals surface area contributed by atoms with E-state index in [2.05, 4.69) is 20.9 Å². The van der Waals surface area contributed by atoms with Crippen molar-refractivity contribution in [2.24, 2.45) is 0 Å². The van der Waals surface area contributed by atoms with Crippen molar-refractivity contribution in [2.45, 2.75) is 13.5 Å². The van der Waals surface area contributed by atoms with Crippen molar-refractivity contribution in [3.63, 3.8) is 0 Å². The summed E-state index contributed by atoms with van der Waals surface area (Å²) in [6.45, 7) is 2.97. The molecular formula is C14H15BrN2O4. The number of ether oxygens (including phenoxy) is 2. The van der Waals surface area contributed by atoms with Gasteiger partial charge in [-0.3, -0.25) is 0 Å². The first kappa shape index (κ1) is 15.4. The predicted molar refractivity (Wildman–Crippen MR) is 80.1 cm³/mol. The van der Waals surface area contributed by atoms with Gasteiger partial charge in [-0.1, -0.05) is 0 Å². The lowest BCUT2D eigenvalue weighted by Gasteiger charge is -2.14.